The van der Waals surface area contributed by atoms with E-state index in [1.807, 2.05) is 18.4 Å². The molecule has 2 fully saturated rings. The Morgan fingerprint density at radius 3 is 2.65 bits per heavy atom. The van der Waals surface area contributed by atoms with Crippen molar-refractivity contribution in [1.82, 2.24) is 9.55 Å². The van der Waals surface area contributed by atoms with Gasteiger partial charge in [0.2, 0.25) is 0 Å². The van der Waals surface area contributed by atoms with Crippen molar-refractivity contribution in [2.75, 3.05) is 0 Å². The van der Waals surface area contributed by atoms with E-state index < -0.39 is 10.0 Å². The van der Waals surface area contributed by atoms with Crippen LogP contribution in [0.5, 0.6) is 0 Å². The molecule has 1 aromatic rings. The van der Waals surface area contributed by atoms with Crippen LogP contribution in [-0.4, -0.2) is 18.0 Å². The molecule has 0 saturated heterocycles. The molecule has 20 heavy (non-hydrogen) atoms. The lowest BCUT2D eigenvalue weighted by Gasteiger charge is -2.23. The van der Waals surface area contributed by atoms with Crippen molar-refractivity contribution in [2.24, 2.45) is 22.9 Å². The zero-order chi connectivity index (χ0) is 14.5. The summed E-state index contributed by atoms with van der Waals surface area (Å²) in [5.74, 6) is 3.42. The molecule has 0 spiro atoms. The second-order valence-corrected chi connectivity index (χ2v) is 8.23. The molecule has 2 aliphatic rings. The van der Waals surface area contributed by atoms with Crippen LogP contribution < -0.4 is 5.14 Å². The van der Waals surface area contributed by atoms with Crippen LogP contribution in [0.3, 0.4) is 0 Å². The highest BCUT2D eigenvalue weighted by Gasteiger charge is 2.39. The molecule has 1 aromatic heterocycles. The van der Waals surface area contributed by atoms with Gasteiger partial charge in [-0.25, -0.2) is 18.5 Å². The molecule has 3 unspecified atom stereocenters. The molecule has 3 rings (SSSR count). The maximum Gasteiger partial charge on any atom is 0.257 e. The highest BCUT2D eigenvalue weighted by molar-refractivity contribution is 7.89. The van der Waals surface area contributed by atoms with Crippen LogP contribution >= 0.6 is 0 Å². The molecule has 2 N–H and O–H groups in total. The molecule has 1 heterocycles. The van der Waals surface area contributed by atoms with Crippen molar-refractivity contribution < 1.29 is 8.42 Å². The Bertz CT molecular complexity index is 606. The summed E-state index contributed by atoms with van der Waals surface area (Å²) in [5.41, 5.74) is 0. The molecule has 0 aromatic carbocycles. The summed E-state index contributed by atoms with van der Waals surface area (Å²) < 4.78 is 25.0. The van der Waals surface area contributed by atoms with Gasteiger partial charge in [0.05, 0.1) is 0 Å². The maximum atomic E-state index is 11.5. The fourth-order valence-corrected chi connectivity index (χ4v) is 4.50. The number of hydrogen-bond acceptors (Lipinski definition) is 3. The first kappa shape index (κ1) is 14.1. The van der Waals surface area contributed by atoms with Crippen molar-refractivity contribution in [3.05, 3.63) is 12.0 Å². The number of hydrogen-bond donors (Lipinski definition) is 1. The molecule has 6 heteroatoms. The van der Waals surface area contributed by atoms with Crippen LogP contribution in [0.4, 0.5) is 0 Å². The Hall–Kier alpha value is -0.880. The number of nitrogens with zero attached hydrogens (tertiary/aromatic N) is 2. The van der Waals surface area contributed by atoms with E-state index >= 15 is 0 Å². The summed E-state index contributed by atoms with van der Waals surface area (Å²) in [7, 11) is -3.71. The number of rotatable bonds is 4. The number of imidazole rings is 1. The lowest BCUT2D eigenvalue weighted by molar-refractivity contribution is 0.291. The molecule has 0 aliphatic heterocycles. The lowest BCUT2D eigenvalue weighted by atomic mass is 9.89. The van der Waals surface area contributed by atoms with Gasteiger partial charge in [-0.3, -0.25) is 0 Å². The predicted molar refractivity (Wildman–Crippen MR) is 76.6 cm³/mol. The van der Waals surface area contributed by atoms with Crippen molar-refractivity contribution in [3.8, 4) is 0 Å². The van der Waals surface area contributed by atoms with E-state index in [0.717, 1.165) is 24.2 Å². The van der Waals surface area contributed by atoms with E-state index in [1.165, 1.54) is 25.7 Å². The van der Waals surface area contributed by atoms with E-state index in [9.17, 15) is 8.42 Å². The third-order valence-corrected chi connectivity index (χ3v) is 5.69. The van der Waals surface area contributed by atoms with E-state index in [0.29, 0.717) is 5.92 Å². The Balaban J connectivity index is 1.86. The fraction of sp³-hybridized carbons (Fsp3) is 0.786. The van der Waals surface area contributed by atoms with E-state index in [2.05, 4.69) is 4.98 Å². The van der Waals surface area contributed by atoms with Gasteiger partial charge >= 0.3 is 0 Å². The predicted octanol–water partition coefficient (Wildman–Crippen LogP) is 2.09. The quantitative estimate of drug-likeness (QED) is 0.924. The minimum absolute atomic E-state index is 0.00403. The Morgan fingerprint density at radius 1 is 1.40 bits per heavy atom. The third-order valence-electron chi connectivity index (χ3n) is 4.91. The van der Waals surface area contributed by atoms with Crippen LogP contribution in [0.25, 0.3) is 0 Å². The maximum absolute atomic E-state index is 11.5. The minimum Gasteiger partial charge on any atom is -0.333 e. The summed E-state index contributed by atoms with van der Waals surface area (Å²) in [4.78, 5) is 4.24. The van der Waals surface area contributed by atoms with Gasteiger partial charge < -0.3 is 4.57 Å². The highest BCUT2D eigenvalue weighted by Crippen LogP contribution is 2.49. The largest absolute Gasteiger partial charge is 0.333 e. The fourth-order valence-electron chi connectivity index (χ4n) is 4.00. The average Bonchev–Trinajstić information content (AvgIpc) is 3.00. The zero-order valence-corrected chi connectivity index (χ0v) is 12.9. The van der Waals surface area contributed by atoms with Crippen molar-refractivity contribution in [2.45, 2.75) is 57.0 Å². The zero-order valence-electron chi connectivity index (χ0n) is 12.1. The first-order valence-electron chi connectivity index (χ1n) is 7.44. The molecule has 2 saturated carbocycles. The van der Waals surface area contributed by atoms with Gasteiger partial charge in [-0.05, 0) is 37.0 Å². The first-order valence-corrected chi connectivity index (χ1v) is 8.99. The molecule has 2 aliphatic carbocycles. The molecule has 2 bridgehead atoms. The smallest absolute Gasteiger partial charge is 0.257 e. The van der Waals surface area contributed by atoms with Crippen LogP contribution in [0.15, 0.2) is 11.2 Å². The Labute approximate surface area is 120 Å². The van der Waals surface area contributed by atoms with Crippen molar-refractivity contribution in [3.63, 3.8) is 0 Å². The van der Waals surface area contributed by atoms with Gasteiger partial charge in [-0.2, -0.15) is 0 Å². The van der Waals surface area contributed by atoms with Crippen LogP contribution in [0.2, 0.25) is 0 Å². The number of sulfonamides is 1. The van der Waals surface area contributed by atoms with Gasteiger partial charge in [0.25, 0.3) is 10.0 Å². The standard InChI is InChI=1S/C14H23N3O2S/c1-9(2)14-16-13(20(15,18)19)8-17(14)7-12-6-10-3-4-11(12)5-10/h8-12H,3-7H2,1-2H3,(H2,15,18,19). The second-order valence-electron chi connectivity index (χ2n) is 6.72. The number of fused-ring (bicyclic) bond motifs is 2. The topological polar surface area (TPSA) is 78.0 Å². The minimum atomic E-state index is -3.71. The molecular formula is C14H23N3O2S. The monoisotopic (exact) mass is 297 g/mol. The normalized spacial score (nSPS) is 29.5. The highest BCUT2D eigenvalue weighted by atomic mass is 32.2. The second kappa shape index (κ2) is 4.84. The number of nitrogens with two attached hydrogens (primary N) is 1. The van der Waals surface area contributed by atoms with Crippen molar-refractivity contribution >= 4 is 10.0 Å². The molecule has 0 amide bonds. The summed E-state index contributed by atoms with van der Waals surface area (Å²) in [6.45, 7) is 4.95. The SMILES string of the molecule is CC(C)c1nc(S(N)(=O)=O)cn1CC1CC2CCC1C2. The summed E-state index contributed by atoms with van der Waals surface area (Å²) >= 11 is 0. The Kier molecular flexibility index (Phi) is 3.41. The van der Waals surface area contributed by atoms with Gasteiger partial charge in [-0.1, -0.05) is 20.3 Å². The number of primary sulfonamides is 1. The van der Waals surface area contributed by atoms with Crippen LogP contribution in [0.1, 0.15) is 51.3 Å². The molecule has 0 radical (unpaired) electrons. The third kappa shape index (κ3) is 2.51. The van der Waals surface area contributed by atoms with Gasteiger partial charge in [0.1, 0.15) is 5.82 Å². The van der Waals surface area contributed by atoms with Crippen LogP contribution in [-0.2, 0) is 16.6 Å². The summed E-state index contributed by atoms with van der Waals surface area (Å²) in [5, 5.41) is 5.21. The van der Waals surface area contributed by atoms with Gasteiger partial charge in [-0.15, -0.1) is 0 Å². The van der Waals surface area contributed by atoms with E-state index in [-0.39, 0.29) is 10.9 Å². The molecule has 3 atom stereocenters. The van der Waals surface area contributed by atoms with Crippen molar-refractivity contribution in [1.29, 1.82) is 0 Å². The molecule has 5 nitrogen and oxygen atoms in total. The average molecular weight is 297 g/mol. The first-order chi connectivity index (χ1) is 9.34. The molecule has 112 valence electrons. The number of aromatic nitrogens is 2. The molecular weight excluding hydrogens is 274 g/mol. The van der Waals surface area contributed by atoms with E-state index in [4.69, 9.17) is 5.14 Å². The lowest BCUT2D eigenvalue weighted by Crippen LogP contribution is -2.18. The van der Waals surface area contributed by atoms with Crippen LogP contribution in [0, 0.1) is 17.8 Å². The summed E-state index contributed by atoms with van der Waals surface area (Å²) in [6, 6.07) is 0. The summed E-state index contributed by atoms with van der Waals surface area (Å²) in [6.07, 6.45) is 6.98. The Morgan fingerprint density at radius 2 is 2.15 bits per heavy atom. The van der Waals surface area contributed by atoms with Gasteiger partial charge in [0.15, 0.2) is 5.03 Å². The van der Waals surface area contributed by atoms with E-state index in [1.54, 1.807) is 6.20 Å². The van der Waals surface area contributed by atoms with Gasteiger partial charge in [0, 0.05) is 18.7 Å².